The van der Waals surface area contributed by atoms with Gasteiger partial charge in [-0.25, -0.2) is 0 Å². The van der Waals surface area contributed by atoms with Crippen molar-refractivity contribution in [1.82, 2.24) is 24.9 Å². The van der Waals surface area contributed by atoms with Gasteiger partial charge >= 0.3 is 0 Å². The van der Waals surface area contributed by atoms with Gasteiger partial charge in [0.2, 0.25) is 11.7 Å². The molecule has 0 radical (unpaired) electrons. The summed E-state index contributed by atoms with van der Waals surface area (Å²) in [7, 11) is 0. The van der Waals surface area contributed by atoms with E-state index in [1.54, 1.807) is 11.8 Å². The van der Waals surface area contributed by atoms with Gasteiger partial charge in [-0.2, -0.15) is 4.98 Å². The molecule has 2 heterocycles. The Morgan fingerprint density at radius 2 is 1.82 bits per heavy atom. The van der Waals surface area contributed by atoms with Crippen LogP contribution in [0, 0.1) is 0 Å². The Morgan fingerprint density at radius 1 is 1.06 bits per heavy atom. The van der Waals surface area contributed by atoms with Crippen molar-refractivity contribution in [3.05, 3.63) is 59.4 Å². The number of hydrogen-bond acceptors (Lipinski definition) is 7. The van der Waals surface area contributed by atoms with E-state index in [0.717, 1.165) is 40.7 Å². The van der Waals surface area contributed by atoms with Crippen molar-refractivity contribution in [3.63, 3.8) is 0 Å². The fourth-order valence-corrected chi connectivity index (χ4v) is 5.24. The summed E-state index contributed by atoms with van der Waals surface area (Å²) >= 11 is 8.03. The van der Waals surface area contributed by atoms with Crippen LogP contribution in [0.4, 0.5) is 0 Å². The molecule has 0 atom stereocenters. The standard InChI is InChI=1S/C24H24ClN5O2S/c1-2-31-20-14-8-6-12-18(20)22-26-21(32-29-22)15-33-24-28-27-23(17-11-5-7-13-19(17)25)30(24)16-9-3-4-10-16/h5-8,11-14,16H,2-4,9-10,15H2,1H3. The van der Waals surface area contributed by atoms with Gasteiger partial charge in [-0.05, 0) is 44.0 Å². The number of ether oxygens (including phenoxy) is 1. The lowest BCUT2D eigenvalue weighted by atomic mass is 10.2. The number of rotatable bonds is 8. The van der Waals surface area contributed by atoms with Crippen molar-refractivity contribution in [3.8, 4) is 28.5 Å². The third kappa shape index (κ3) is 4.63. The predicted molar refractivity (Wildman–Crippen MR) is 128 cm³/mol. The minimum absolute atomic E-state index is 0.366. The Labute approximate surface area is 201 Å². The van der Waals surface area contributed by atoms with Crippen LogP contribution in [0.15, 0.2) is 58.2 Å². The summed E-state index contributed by atoms with van der Waals surface area (Å²) in [6.45, 7) is 2.52. The number of benzene rings is 2. The molecule has 2 aromatic heterocycles. The van der Waals surface area contributed by atoms with Gasteiger partial charge in [0.25, 0.3) is 0 Å². The highest BCUT2D eigenvalue weighted by Gasteiger charge is 2.26. The van der Waals surface area contributed by atoms with Crippen LogP contribution in [0.3, 0.4) is 0 Å². The Bertz CT molecular complexity index is 1240. The van der Waals surface area contributed by atoms with Crippen LogP contribution in [0.1, 0.15) is 44.5 Å². The highest BCUT2D eigenvalue weighted by Crippen LogP contribution is 2.39. The molecule has 5 rings (SSSR count). The second-order valence-electron chi connectivity index (χ2n) is 7.82. The molecule has 2 aromatic carbocycles. The molecule has 33 heavy (non-hydrogen) atoms. The summed E-state index contributed by atoms with van der Waals surface area (Å²) in [4.78, 5) is 4.59. The Kier molecular flexibility index (Phi) is 6.64. The van der Waals surface area contributed by atoms with Crippen LogP contribution >= 0.6 is 23.4 Å². The summed E-state index contributed by atoms with van der Waals surface area (Å²) in [6.07, 6.45) is 4.65. The molecule has 0 N–H and O–H groups in total. The van der Waals surface area contributed by atoms with Crippen molar-refractivity contribution in [2.45, 2.75) is 49.6 Å². The van der Waals surface area contributed by atoms with Gasteiger partial charge in [0, 0.05) is 11.6 Å². The first kappa shape index (κ1) is 22.0. The third-order valence-corrected chi connectivity index (χ3v) is 6.95. The minimum atomic E-state index is 0.366. The van der Waals surface area contributed by atoms with E-state index >= 15 is 0 Å². The van der Waals surface area contributed by atoms with Crippen LogP contribution in [0.25, 0.3) is 22.8 Å². The largest absolute Gasteiger partial charge is 0.493 e. The lowest BCUT2D eigenvalue weighted by molar-refractivity contribution is 0.341. The van der Waals surface area contributed by atoms with E-state index in [2.05, 4.69) is 24.9 Å². The lowest BCUT2D eigenvalue weighted by Crippen LogP contribution is -2.08. The molecule has 0 aliphatic heterocycles. The molecule has 1 saturated carbocycles. The van der Waals surface area contributed by atoms with Gasteiger partial charge in [0.15, 0.2) is 11.0 Å². The van der Waals surface area contributed by atoms with Crippen molar-refractivity contribution in [1.29, 1.82) is 0 Å². The first-order chi connectivity index (χ1) is 16.2. The molecule has 1 fully saturated rings. The summed E-state index contributed by atoms with van der Waals surface area (Å²) in [5.74, 6) is 3.10. The fourth-order valence-electron chi connectivity index (χ4n) is 4.18. The minimum Gasteiger partial charge on any atom is -0.493 e. The zero-order valence-electron chi connectivity index (χ0n) is 18.3. The van der Waals surface area contributed by atoms with Gasteiger partial charge in [0.1, 0.15) is 5.75 Å². The number of nitrogens with zero attached hydrogens (tertiary/aromatic N) is 5. The van der Waals surface area contributed by atoms with Crippen molar-refractivity contribution >= 4 is 23.4 Å². The first-order valence-electron chi connectivity index (χ1n) is 11.1. The zero-order chi connectivity index (χ0) is 22.6. The SMILES string of the molecule is CCOc1ccccc1-c1noc(CSc2nnc(-c3ccccc3Cl)n2C2CCCC2)n1. The van der Waals surface area contributed by atoms with E-state index in [4.69, 9.17) is 20.9 Å². The number of aromatic nitrogens is 5. The van der Waals surface area contributed by atoms with Gasteiger partial charge in [-0.3, -0.25) is 4.57 Å². The van der Waals surface area contributed by atoms with Crippen LogP contribution in [0.2, 0.25) is 5.02 Å². The Hall–Kier alpha value is -2.84. The molecule has 1 aliphatic rings. The molecule has 4 aromatic rings. The molecule has 170 valence electrons. The van der Waals surface area contributed by atoms with E-state index in [1.165, 1.54) is 12.8 Å². The van der Waals surface area contributed by atoms with E-state index in [-0.39, 0.29) is 0 Å². The van der Waals surface area contributed by atoms with E-state index in [0.29, 0.717) is 35.1 Å². The highest BCUT2D eigenvalue weighted by atomic mass is 35.5. The maximum Gasteiger partial charge on any atom is 0.237 e. The van der Waals surface area contributed by atoms with Crippen molar-refractivity contribution in [2.75, 3.05) is 6.61 Å². The van der Waals surface area contributed by atoms with Crippen molar-refractivity contribution < 1.29 is 9.26 Å². The summed E-state index contributed by atoms with van der Waals surface area (Å²) in [6, 6.07) is 15.8. The maximum absolute atomic E-state index is 6.48. The number of thioether (sulfide) groups is 1. The predicted octanol–water partition coefficient (Wildman–Crippen LogP) is 6.45. The molecule has 7 nitrogen and oxygen atoms in total. The van der Waals surface area contributed by atoms with E-state index in [9.17, 15) is 0 Å². The molecule has 0 spiro atoms. The topological polar surface area (TPSA) is 78.9 Å². The van der Waals surface area contributed by atoms with Crippen LogP contribution in [-0.4, -0.2) is 31.5 Å². The molecule has 0 unspecified atom stereocenters. The zero-order valence-corrected chi connectivity index (χ0v) is 19.8. The maximum atomic E-state index is 6.48. The van der Waals surface area contributed by atoms with Crippen LogP contribution in [0.5, 0.6) is 5.75 Å². The van der Waals surface area contributed by atoms with Gasteiger partial charge in [-0.15, -0.1) is 10.2 Å². The third-order valence-electron chi connectivity index (χ3n) is 5.69. The van der Waals surface area contributed by atoms with Gasteiger partial charge in [-0.1, -0.05) is 65.6 Å². The average molecular weight is 482 g/mol. The highest BCUT2D eigenvalue weighted by molar-refractivity contribution is 7.98. The van der Waals surface area contributed by atoms with E-state index < -0.39 is 0 Å². The molecule has 9 heteroatoms. The number of para-hydroxylation sites is 1. The van der Waals surface area contributed by atoms with E-state index in [1.807, 2.05) is 55.5 Å². The average Bonchev–Trinajstić information content (AvgIpc) is 3.59. The summed E-state index contributed by atoms with van der Waals surface area (Å²) in [5.41, 5.74) is 1.72. The summed E-state index contributed by atoms with van der Waals surface area (Å²) in [5, 5.41) is 14.7. The second kappa shape index (κ2) is 9.97. The quantitative estimate of drug-likeness (QED) is 0.267. The number of halogens is 1. The van der Waals surface area contributed by atoms with Crippen molar-refractivity contribution in [2.24, 2.45) is 0 Å². The smallest absolute Gasteiger partial charge is 0.237 e. The van der Waals surface area contributed by atoms with Crippen LogP contribution < -0.4 is 4.74 Å². The van der Waals surface area contributed by atoms with Crippen LogP contribution in [-0.2, 0) is 5.75 Å². The Morgan fingerprint density at radius 3 is 2.61 bits per heavy atom. The molecule has 1 aliphatic carbocycles. The molecule has 0 amide bonds. The normalized spacial score (nSPS) is 14.1. The first-order valence-corrected chi connectivity index (χ1v) is 12.5. The number of hydrogen-bond donors (Lipinski definition) is 0. The second-order valence-corrected chi connectivity index (χ2v) is 9.17. The summed E-state index contributed by atoms with van der Waals surface area (Å²) < 4.78 is 13.5. The van der Waals surface area contributed by atoms with Gasteiger partial charge in [0.05, 0.1) is 22.9 Å². The van der Waals surface area contributed by atoms with Gasteiger partial charge < -0.3 is 9.26 Å². The molecule has 0 bridgehead atoms. The molecular formula is C24H24ClN5O2S. The molecule has 0 saturated heterocycles. The lowest BCUT2D eigenvalue weighted by Gasteiger charge is -2.17. The monoisotopic (exact) mass is 481 g/mol. The molecular weight excluding hydrogens is 458 g/mol. The fraction of sp³-hybridized carbons (Fsp3) is 0.333. The Balaban J connectivity index is 1.39.